The predicted molar refractivity (Wildman–Crippen MR) is 58.2 cm³/mol. The summed E-state index contributed by atoms with van der Waals surface area (Å²) < 4.78 is 0. The van der Waals surface area contributed by atoms with Crippen LogP contribution in [0.1, 0.15) is 35.2 Å². The van der Waals surface area contributed by atoms with E-state index >= 15 is 0 Å². The third-order valence-electron chi connectivity index (χ3n) is 2.18. The summed E-state index contributed by atoms with van der Waals surface area (Å²) in [6, 6.07) is 7.68. The zero-order chi connectivity index (χ0) is 10.2. The van der Waals surface area contributed by atoms with Crippen LogP contribution in [0.2, 0.25) is 0 Å². The molecular weight excluding hydrogens is 174 g/mol. The summed E-state index contributed by atoms with van der Waals surface area (Å²) >= 11 is 0. The van der Waals surface area contributed by atoms with Gasteiger partial charge in [0.15, 0.2) is 0 Å². The van der Waals surface area contributed by atoms with Crippen LogP contribution in [0.3, 0.4) is 0 Å². The van der Waals surface area contributed by atoms with Crippen LogP contribution in [0.5, 0.6) is 0 Å². The molecule has 0 spiro atoms. The normalized spacial score (nSPS) is 9.71. The van der Waals surface area contributed by atoms with Crippen molar-refractivity contribution in [1.82, 2.24) is 0 Å². The lowest BCUT2D eigenvalue weighted by molar-refractivity contribution is 0.112. The highest BCUT2D eigenvalue weighted by atomic mass is 16.1. The molecule has 1 aromatic rings. The Morgan fingerprint density at radius 1 is 1.14 bits per heavy atom. The van der Waals surface area contributed by atoms with Gasteiger partial charge >= 0.3 is 0 Å². The van der Waals surface area contributed by atoms with Crippen molar-refractivity contribution in [2.75, 3.05) is 0 Å². The smallest absolute Gasteiger partial charge is 0.150 e. The maximum Gasteiger partial charge on any atom is 0.150 e. The van der Waals surface area contributed by atoms with Gasteiger partial charge in [-0.25, -0.2) is 0 Å². The van der Waals surface area contributed by atoms with E-state index < -0.39 is 0 Å². The van der Waals surface area contributed by atoms with Gasteiger partial charge in [-0.1, -0.05) is 24.3 Å². The minimum Gasteiger partial charge on any atom is -0.313 e. The van der Waals surface area contributed by atoms with Crippen LogP contribution < -0.4 is 0 Å². The number of nitrogens with one attached hydrogen (secondary N) is 1. The lowest BCUT2D eigenvalue weighted by atomic mass is 10.1. The van der Waals surface area contributed by atoms with Gasteiger partial charge < -0.3 is 5.41 Å². The van der Waals surface area contributed by atoms with Crippen LogP contribution >= 0.6 is 0 Å². The molecule has 0 heterocycles. The number of hydrogen-bond donors (Lipinski definition) is 1. The first-order valence-electron chi connectivity index (χ1n) is 4.90. The average molecular weight is 189 g/mol. The Balaban J connectivity index is 2.36. The van der Waals surface area contributed by atoms with E-state index in [-0.39, 0.29) is 0 Å². The van der Waals surface area contributed by atoms with E-state index in [1.807, 2.05) is 24.3 Å². The number of carbonyl (C=O) groups is 1. The zero-order valence-electron chi connectivity index (χ0n) is 8.20. The van der Waals surface area contributed by atoms with Crippen molar-refractivity contribution in [1.29, 1.82) is 5.41 Å². The Hall–Kier alpha value is -1.44. The third-order valence-corrected chi connectivity index (χ3v) is 2.18. The van der Waals surface area contributed by atoms with Gasteiger partial charge in [0.05, 0.1) is 0 Å². The molecule has 2 heteroatoms. The first kappa shape index (κ1) is 10.6. The number of hydrogen-bond acceptors (Lipinski definition) is 2. The molecule has 0 radical (unpaired) electrons. The van der Waals surface area contributed by atoms with E-state index in [1.165, 1.54) is 11.8 Å². The van der Waals surface area contributed by atoms with Crippen LogP contribution in [0, 0.1) is 5.41 Å². The van der Waals surface area contributed by atoms with Gasteiger partial charge in [0, 0.05) is 5.56 Å². The molecule has 14 heavy (non-hydrogen) atoms. The number of aryl methyl sites for hydroxylation is 1. The molecule has 74 valence electrons. The summed E-state index contributed by atoms with van der Waals surface area (Å²) in [4.78, 5) is 10.4. The molecule has 0 saturated carbocycles. The van der Waals surface area contributed by atoms with Crippen LogP contribution in [0.15, 0.2) is 24.3 Å². The first-order valence-corrected chi connectivity index (χ1v) is 4.90. The Bertz CT molecular complexity index is 290. The highest BCUT2D eigenvalue weighted by Gasteiger charge is 1.93. The Kier molecular flexibility index (Phi) is 4.62. The van der Waals surface area contributed by atoms with E-state index in [1.54, 1.807) is 0 Å². The van der Waals surface area contributed by atoms with Crippen molar-refractivity contribution in [3.8, 4) is 0 Å². The molecule has 1 N–H and O–H groups in total. The van der Waals surface area contributed by atoms with Crippen LogP contribution in [0.4, 0.5) is 0 Å². The Labute approximate surface area is 84.5 Å². The van der Waals surface area contributed by atoms with Crippen molar-refractivity contribution in [3.63, 3.8) is 0 Å². The van der Waals surface area contributed by atoms with Gasteiger partial charge in [-0.15, -0.1) is 0 Å². The number of aldehydes is 1. The number of unbranched alkanes of at least 4 members (excludes halogenated alkanes) is 2. The second kappa shape index (κ2) is 6.08. The fourth-order valence-corrected chi connectivity index (χ4v) is 1.34. The molecule has 0 aliphatic heterocycles. The number of rotatable bonds is 6. The molecule has 2 nitrogen and oxygen atoms in total. The summed E-state index contributed by atoms with van der Waals surface area (Å²) in [6.07, 6.45) is 6.39. The van der Waals surface area contributed by atoms with Gasteiger partial charge in [-0.2, -0.15) is 0 Å². The molecule has 0 aliphatic carbocycles. The largest absolute Gasteiger partial charge is 0.313 e. The molecule has 1 rings (SSSR count). The standard InChI is InChI=1S/C12H15NO/c13-9-3-1-2-4-11-5-7-12(10-14)8-6-11/h5-10,13H,1-4H2. The summed E-state index contributed by atoms with van der Waals surface area (Å²) in [6.45, 7) is 0. The maximum atomic E-state index is 10.4. The minimum absolute atomic E-state index is 0.730. The van der Waals surface area contributed by atoms with Gasteiger partial charge in [0.2, 0.25) is 0 Å². The van der Waals surface area contributed by atoms with E-state index in [0.717, 1.165) is 37.5 Å². The molecule has 0 saturated heterocycles. The highest BCUT2D eigenvalue weighted by molar-refractivity contribution is 5.74. The van der Waals surface area contributed by atoms with E-state index in [9.17, 15) is 4.79 Å². The topological polar surface area (TPSA) is 40.9 Å². The quantitative estimate of drug-likeness (QED) is 0.417. The van der Waals surface area contributed by atoms with Gasteiger partial charge in [-0.3, -0.25) is 4.79 Å². The second-order valence-electron chi connectivity index (χ2n) is 3.31. The van der Waals surface area contributed by atoms with Gasteiger partial charge in [0.1, 0.15) is 6.29 Å². The van der Waals surface area contributed by atoms with E-state index in [4.69, 9.17) is 5.41 Å². The number of carbonyl (C=O) groups excluding carboxylic acids is 1. The van der Waals surface area contributed by atoms with Crippen molar-refractivity contribution < 1.29 is 4.79 Å². The molecule has 0 bridgehead atoms. The first-order chi connectivity index (χ1) is 6.86. The SMILES string of the molecule is N=CCCCCc1ccc(C=O)cc1. The fraction of sp³-hybridized carbons (Fsp3) is 0.333. The van der Waals surface area contributed by atoms with Crippen molar-refractivity contribution in [2.45, 2.75) is 25.7 Å². The zero-order valence-corrected chi connectivity index (χ0v) is 8.20. The van der Waals surface area contributed by atoms with Crippen LogP contribution in [0.25, 0.3) is 0 Å². The molecule has 0 atom stereocenters. The second-order valence-corrected chi connectivity index (χ2v) is 3.31. The summed E-state index contributed by atoms with van der Waals surface area (Å²) in [7, 11) is 0. The van der Waals surface area contributed by atoms with Crippen LogP contribution in [-0.4, -0.2) is 12.5 Å². The Morgan fingerprint density at radius 3 is 2.43 bits per heavy atom. The monoisotopic (exact) mass is 189 g/mol. The minimum atomic E-state index is 0.730. The average Bonchev–Trinajstić information content (AvgIpc) is 2.25. The summed E-state index contributed by atoms with van der Waals surface area (Å²) in [5.74, 6) is 0. The fourth-order valence-electron chi connectivity index (χ4n) is 1.34. The van der Waals surface area contributed by atoms with E-state index in [0.29, 0.717) is 0 Å². The molecule has 1 aromatic carbocycles. The number of benzene rings is 1. The molecule has 0 aromatic heterocycles. The molecular formula is C12H15NO. The van der Waals surface area contributed by atoms with Gasteiger partial charge in [0.25, 0.3) is 0 Å². The molecule has 0 fully saturated rings. The van der Waals surface area contributed by atoms with E-state index in [2.05, 4.69) is 0 Å². The lowest BCUT2D eigenvalue weighted by Gasteiger charge is -2.00. The van der Waals surface area contributed by atoms with Crippen molar-refractivity contribution >= 4 is 12.5 Å². The highest BCUT2D eigenvalue weighted by Crippen LogP contribution is 2.07. The van der Waals surface area contributed by atoms with Crippen molar-refractivity contribution in [3.05, 3.63) is 35.4 Å². The van der Waals surface area contributed by atoms with Crippen molar-refractivity contribution in [2.24, 2.45) is 0 Å². The Morgan fingerprint density at radius 2 is 1.86 bits per heavy atom. The third kappa shape index (κ3) is 3.52. The molecule has 0 aliphatic rings. The molecule has 0 amide bonds. The van der Waals surface area contributed by atoms with Gasteiger partial charge in [-0.05, 0) is 37.5 Å². The lowest BCUT2D eigenvalue weighted by Crippen LogP contribution is -1.87. The maximum absolute atomic E-state index is 10.4. The predicted octanol–water partition coefficient (Wildman–Crippen LogP) is 2.86. The molecule has 0 unspecified atom stereocenters. The summed E-state index contributed by atoms with van der Waals surface area (Å²) in [5.41, 5.74) is 1.99. The van der Waals surface area contributed by atoms with Crippen LogP contribution in [-0.2, 0) is 6.42 Å². The summed E-state index contributed by atoms with van der Waals surface area (Å²) in [5, 5.41) is 6.87.